The summed E-state index contributed by atoms with van der Waals surface area (Å²) in [5.41, 5.74) is 3.70. The van der Waals surface area contributed by atoms with Gasteiger partial charge in [0, 0.05) is 30.4 Å². The van der Waals surface area contributed by atoms with E-state index in [2.05, 4.69) is 5.32 Å². The maximum atomic E-state index is 13.5. The molecule has 4 aromatic rings. The minimum atomic E-state index is -0.661. The molecule has 0 saturated heterocycles. The molecule has 1 amide bonds. The zero-order valence-corrected chi connectivity index (χ0v) is 14.5. The molecular formula is C21H16F2N2O2. The third-order valence-corrected chi connectivity index (χ3v) is 4.33. The fourth-order valence-electron chi connectivity index (χ4n) is 3.05. The second-order valence-corrected chi connectivity index (χ2v) is 6.38. The molecular weight excluding hydrogens is 350 g/mol. The standard InChI is InChI=1S/C21H16F2N2O2/c1-13-2-4-17(5-3-13)24-21(26)19-11-20-18(6-7-27-20)25(19)12-14-8-15(22)10-16(23)9-14/h2-11H,12H2,1H3,(H,24,26). The van der Waals surface area contributed by atoms with Crippen LogP contribution in [-0.2, 0) is 6.54 Å². The number of benzene rings is 2. The van der Waals surface area contributed by atoms with E-state index in [1.165, 1.54) is 18.4 Å². The number of furan rings is 1. The largest absolute Gasteiger partial charge is 0.463 e. The molecule has 0 aliphatic heterocycles. The Morgan fingerprint density at radius 3 is 2.44 bits per heavy atom. The summed E-state index contributed by atoms with van der Waals surface area (Å²) in [7, 11) is 0. The van der Waals surface area contributed by atoms with Crippen LogP contribution in [-0.4, -0.2) is 10.5 Å². The lowest BCUT2D eigenvalue weighted by molar-refractivity contribution is 0.101. The van der Waals surface area contributed by atoms with Crippen LogP contribution in [0.4, 0.5) is 14.5 Å². The molecule has 0 spiro atoms. The van der Waals surface area contributed by atoms with E-state index in [0.29, 0.717) is 28.0 Å². The molecule has 0 atom stereocenters. The number of anilines is 1. The van der Waals surface area contributed by atoms with Crippen molar-refractivity contribution in [1.29, 1.82) is 0 Å². The van der Waals surface area contributed by atoms with Gasteiger partial charge in [-0.05, 0) is 36.8 Å². The molecule has 6 heteroatoms. The smallest absolute Gasteiger partial charge is 0.272 e. The maximum Gasteiger partial charge on any atom is 0.272 e. The molecule has 4 nitrogen and oxygen atoms in total. The van der Waals surface area contributed by atoms with Gasteiger partial charge >= 0.3 is 0 Å². The number of fused-ring (bicyclic) bond motifs is 1. The number of hydrogen-bond donors (Lipinski definition) is 1. The third-order valence-electron chi connectivity index (χ3n) is 4.33. The van der Waals surface area contributed by atoms with Gasteiger partial charge in [0.15, 0.2) is 5.58 Å². The summed E-state index contributed by atoms with van der Waals surface area (Å²) in [5, 5.41) is 2.84. The van der Waals surface area contributed by atoms with Gasteiger partial charge in [-0.2, -0.15) is 0 Å². The van der Waals surface area contributed by atoms with Crippen molar-refractivity contribution in [2.75, 3.05) is 5.32 Å². The molecule has 2 aromatic heterocycles. The number of amides is 1. The zero-order valence-electron chi connectivity index (χ0n) is 14.5. The van der Waals surface area contributed by atoms with E-state index in [1.54, 1.807) is 16.7 Å². The molecule has 0 bridgehead atoms. The number of rotatable bonds is 4. The zero-order chi connectivity index (χ0) is 19.0. The van der Waals surface area contributed by atoms with Gasteiger partial charge in [-0.1, -0.05) is 17.7 Å². The molecule has 0 aliphatic carbocycles. The van der Waals surface area contributed by atoms with Crippen molar-refractivity contribution >= 4 is 22.7 Å². The van der Waals surface area contributed by atoms with Gasteiger partial charge in [0.25, 0.3) is 5.91 Å². The molecule has 27 heavy (non-hydrogen) atoms. The topological polar surface area (TPSA) is 47.2 Å². The van der Waals surface area contributed by atoms with Crippen LogP contribution in [0.2, 0.25) is 0 Å². The number of nitrogens with zero attached hydrogens (tertiary/aromatic N) is 1. The second-order valence-electron chi connectivity index (χ2n) is 6.38. The van der Waals surface area contributed by atoms with Crippen molar-refractivity contribution in [1.82, 2.24) is 4.57 Å². The fraction of sp³-hybridized carbons (Fsp3) is 0.0952. The van der Waals surface area contributed by atoms with E-state index in [0.717, 1.165) is 11.6 Å². The van der Waals surface area contributed by atoms with Crippen molar-refractivity contribution in [3.63, 3.8) is 0 Å². The van der Waals surface area contributed by atoms with Crippen LogP contribution in [0.15, 0.2) is 65.3 Å². The average molecular weight is 366 g/mol. The minimum absolute atomic E-state index is 0.133. The minimum Gasteiger partial charge on any atom is -0.463 e. The van der Waals surface area contributed by atoms with E-state index >= 15 is 0 Å². The lowest BCUT2D eigenvalue weighted by Gasteiger charge is -2.11. The summed E-state index contributed by atoms with van der Waals surface area (Å²) in [6.07, 6.45) is 1.51. The van der Waals surface area contributed by atoms with Gasteiger partial charge in [0.1, 0.15) is 17.3 Å². The van der Waals surface area contributed by atoms with Crippen LogP contribution in [0, 0.1) is 18.6 Å². The van der Waals surface area contributed by atoms with Gasteiger partial charge in [-0.15, -0.1) is 0 Å². The van der Waals surface area contributed by atoms with Crippen molar-refractivity contribution in [3.05, 3.63) is 89.3 Å². The normalized spacial score (nSPS) is 11.1. The molecule has 0 saturated carbocycles. The van der Waals surface area contributed by atoms with Crippen molar-refractivity contribution in [2.45, 2.75) is 13.5 Å². The molecule has 136 valence electrons. The van der Waals surface area contributed by atoms with E-state index < -0.39 is 11.6 Å². The van der Waals surface area contributed by atoms with Crippen LogP contribution in [0.1, 0.15) is 21.6 Å². The highest BCUT2D eigenvalue weighted by molar-refractivity contribution is 6.05. The van der Waals surface area contributed by atoms with Gasteiger partial charge in [0.2, 0.25) is 0 Å². The highest BCUT2D eigenvalue weighted by Crippen LogP contribution is 2.24. The summed E-state index contributed by atoms with van der Waals surface area (Å²) in [6, 6.07) is 14.1. The number of hydrogen-bond acceptors (Lipinski definition) is 2. The first-order valence-electron chi connectivity index (χ1n) is 8.39. The highest BCUT2D eigenvalue weighted by atomic mass is 19.1. The fourth-order valence-corrected chi connectivity index (χ4v) is 3.05. The third kappa shape index (κ3) is 3.46. The van der Waals surface area contributed by atoms with E-state index in [9.17, 15) is 13.6 Å². The molecule has 1 N–H and O–H groups in total. The Bertz CT molecular complexity index is 1110. The molecule has 0 radical (unpaired) electrons. The maximum absolute atomic E-state index is 13.5. The first-order chi connectivity index (χ1) is 13.0. The van der Waals surface area contributed by atoms with E-state index in [-0.39, 0.29) is 12.5 Å². The Kier molecular flexibility index (Phi) is 4.24. The van der Waals surface area contributed by atoms with Crippen LogP contribution >= 0.6 is 0 Å². The SMILES string of the molecule is Cc1ccc(NC(=O)c2cc3occc3n2Cc2cc(F)cc(F)c2)cc1. The van der Waals surface area contributed by atoms with Crippen LogP contribution < -0.4 is 5.32 Å². The summed E-state index contributed by atoms with van der Waals surface area (Å²) in [5.74, 6) is -1.65. The lowest BCUT2D eigenvalue weighted by Crippen LogP contribution is -2.17. The predicted molar refractivity (Wildman–Crippen MR) is 98.8 cm³/mol. The number of aryl methyl sites for hydroxylation is 1. The average Bonchev–Trinajstić information content (AvgIpc) is 3.19. The summed E-state index contributed by atoms with van der Waals surface area (Å²) < 4.78 is 34.2. The first-order valence-corrected chi connectivity index (χ1v) is 8.39. The molecule has 0 fully saturated rings. The Morgan fingerprint density at radius 1 is 1.04 bits per heavy atom. The summed E-state index contributed by atoms with van der Waals surface area (Å²) in [4.78, 5) is 12.8. The number of carbonyl (C=O) groups is 1. The second kappa shape index (κ2) is 6.72. The van der Waals surface area contributed by atoms with Gasteiger partial charge in [-0.25, -0.2) is 8.78 Å². The molecule has 4 rings (SSSR count). The van der Waals surface area contributed by atoms with E-state index in [1.807, 2.05) is 31.2 Å². The number of aromatic nitrogens is 1. The van der Waals surface area contributed by atoms with Gasteiger partial charge < -0.3 is 14.3 Å². The Hall–Kier alpha value is -3.41. The molecule has 0 aliphatic rings. The first kappa shape index (κ1) is 17.0. The quantitative estimate of drug-likeness (QED) is 0.545. The van der Waals surface area contributed by atoms with Crippen molar-refractivity contribution in [2.24, 2.45) is 0 Å². The van der Waals surface area contributed by atoms with Gasteiger partial charge in [-0.3, -0.25) is 4.79 Å². The Balaban J connectivity index is 1.70. The Labute approximate surface area is 154 Å². The predicted octanol–water partition coefficient (Wildman–Crippen LogP) is 5.12. The van der Waals surface area contributed by atoms with Crippen molar-refractivity contribution in [3.8, 4) is 0 Å². The monoisotopic (exact) mass is 366 g/mol. The molecule has 2 aromatic carbocycles. The van der Waals surface area contributed by atoms with Crippen molar-refractivity contribution < 1.29 is 18.0 Å². The van der Waals surface area contributed by atoms with Crippen LogP contribution in [0.25, 0.3) is 11.1 Å². The molecule has 0 unspecified atom stereocenters. The highest BCUT2D eigenvalue weighted by Gasteiger charge is 2.18. The lowest BCUT2D eigenvalue weighted by atomic mass is 10.2. The van der Waals surface area contributed by atoms with Crippen LogP contribution in [0.5, 0.6) is 0 Å². The molecule has 2 heterocycles. The summed E-state index contributed by atoms with van der Waals surface area (Å²) in [6.45, 7) is 2.09. The number of carbonyl (C=O) groups excluding carboxylic acids is 1. The summed E-state index contributed by atoms with van der Waals surface area (Å²) >= 11 is 0. The number of halogens is 2. The van der Waals surface area contributed by atoms with Crippen LogP contribution in [0.3, 0.4) is 0 Å². The Morgan fingerprint density at radius 2 is 1.74 bits per heavy atom. The number of nitrogens with one attached hydrogen (secondary N) is 1. The van der Waals surface area contributed by atoms with Gasteiger partial charge in [0.05, 0.1) is 11.8 Å². The van der Waals surface area contributed by atoms with E-state index in [4.69, 9.17) is 4.42 Å².